The molecular weight excluding hydrogens is 254 g/mol. The molecule has 0 aromatic rings. The summed E-state index contributed by atoms with van der Waals surface area (Å²) in [7, 11) is 0. The summed E-state index contributed by atoms with van der Waals surface area (Å²) in [6.45, 7) is 16.1. The molecule has 0 aromatic heterocycles. The average Bonchev–Trinajstić information content (AvgIpc) is 2.26. The summed E-state index contributed by atoms with van der Waals surface area (Å²) in [5.74, 6) is 0. The summed E-state index contributed by atoms with van der Waals surface area (Å²) in [4.78, 5) is 16.2. The maximum Gasteiger partial charge on any atom is 0.410 e. The molecule has 0 bridgehead atoms. The van der Waals surface area contributed by atoms with Crippen molar-refractivity contribution in [2.45, 2.75) is 53.2 Å². The van der Waals surface area contributed by atoms with Crippen LogP contribution in [-0.2, 0) is 4.74 Å². The highest BCUT2D eigenvalue weighted by molar-refractivity contribution is 5.68. The molecule has 5 nitrogen and oxygen atoms in total. The Labute approximate surface area is 123 Å². The van der Waals surface area contributed by atoms with Crippen LogP contribution in [-0.4, -0.2) is 60.3 Å². The lowest BCUT2D eigenvalue weighted by Gasteiger charge is -2.44. The lowest BCUT2D eigenvalue weighted by molar-refractivity contribution is 0.00299. The van der Waals surface area contributed by atoms with Crippen molar-refractivity contribution >= 4 is 6.09 Å². The molecule has 0 aliphatic carbocycles. The Bertz CT molecular complexity index is 323. The fourth-order valence-corrected chi connectivity index (χ4v) is 2.59. The van der Waals surface area contributed by atoms with E-state index < -0.39 is 5.60 Å². The van der Waals surface area contributed by atoms with Crippen molar-refractivity contribution in [3.05, 3.63) is 0 Å². The van der Waals surface area contributed by atoms with Crippen molar-refractivity contribution in [1.82, 2.24) is 9.80 Å². The van der Waals surface area contributed by atoms with Gasteiger partial charge >= 0.3 is 6.09 Å². The van der Waals surface area contributed by atoms with Gasteiger partial charge < -0.3 is 15.4 Å². The zero-order chi connectivity index (χ0) is 15.6. The second kappa shape index (κ2) is 6.31. The first-order valence-corrected chi connectivity index (χ1v) is 7.46. The molecule has 0 spiro atoms. The van der Waals surface area contributed by atoms with E-state index >= 15 is 0 Å². The molecule has 0 saturated carbocycles. The highest BCUT2D eigenvalue weighted by Gasteiger charge is 2.33. The molecule has 2 N–H and O–H groups in total. The maximum absolute atomic E-state index is 12.0. The van der Waals surface area contributed by atoms with E-state index in [1.54, 1.807) is 4.90 Å². The quantitative estimate of drug-likeness (QED) is 0.842. The molecule has 1 rings (SSSR count). The summed E-state index contributed by atoms with van der Waals surface area (Å²) < 4.78 is 5.41. The van der Waals surface area contributed by atoms with E-state index in [1.165, 1.54) is 0 Å². The number of nitrogens with zero attached hydrogens (tertiary/aromatic N) is 2. The second-order valence-electron chi connectivity index (χ2n) is 7.62. The number of piperazine rings is 1. The molecule has 1 aliphatic heterocycles. The molecule has 1 fully saturated rings. The van der Waals surface area contributed by atoms with Gasteiger partial charge in [0.15, 0.2) is 0 Å². The largest absolute Gasteiger partial charge is 0.444 e. The van der Waals surface area contributed by atoms with Crippen LogP contribution in [0.5, 0.6) is 0 Å². The minimum Gasteiger partial charge on any atom is -0.444 e. The van der Waals surface area contributed by atoms with Gasteiger partial charge in [-0.2, -0.15) is 0 Å². The van der Waals surface area contributed by atoms with E-state index in [1.807, 2.05) is 20.8 Å². The lowest BCUT2D eigenvalue weighted by atomic mass is 9.85. The zero-order valence-electron chi connectivity index (χ0n) is 13.9. The predicted octanol–water partition coefficient (Wildman–Crippen LogP) is 1.91. The third kappa shape index (κ3) is 4.94. The number of carbonyl (C=O) groups is 1. The minimum atomic E-state index is -0.431. The van der Waals surface area contributed by atoms with Gasteiger partial charge in [-0.05, 0) is 26.2 Å². The predicted molar refractivity (Wildman–Crippen MR) is 81.7 cm³/mol. The SMILES string of the molecule is CC(C)(C)OC(=O)N1CCN(C(CN)C(C)(C)C)CC1. The van der Waals surface area contributed by atoms with Crippen LogP contribution < -0.4 is 5.73 Å². The van der Waals surface area contributed by atoms with Gasteiger partial charge in [-0.1, -0.05) is 20.8 Å². The van der Waals surface area contributed by atoms with Crippen LogP contribution in [0, 0.1) is 5.41 Å². The molecule has 1 unspecified atom stereocenters. The number of carbonyl (C=O) groups excluding carboxylic acids is 1. The van der Waals surface area contributed by atoms with Crippen LogP contribution in [0.1, 0.15) is 41.5 Å². The summed E-state index contributed by atoms with van der Waals surface area (Å²) in [6, 6.07) is 0.350. The van der Waals surface area contributed by atoms with Crippen LogP contribution >= 0.6 is 0 Å². The van der Waals surface area contributed by atoms with Gasteiger partial charge in [0.1, 0.15) is 5.60 Å². The summed E-state index contributed by atoms with van der Waals surface area (Å²) in [5.41, 5.74) is 5.65. The summed E-state index contributed by atoms with van der Waals surface area (Å²) in [6.07, 6.45) is -0.211. The first kappa shape index (κ1) is 17.2. The molecule has 1 heterocycles. The Morgan fingerprint density at radius 2 is 1.60 bits per heavy atom. The number of rotatable bonds is 2. The van der Waals surface area contributed by atoms with Crippen molar-refractivity contribution in [3.8, 4) is 0 Å². The monoisotopic (exact) mass is 285 g/mol. The van der Waals surface area contributed by atoms with Crippen LogP contribution in [0.3, 0.4) is 0 Å². The number of nitrogens with two attached hydrogens (primary N) is 1. The second-order valence-corrected chi connectivity index (χ2v) is 7.62. The molecule has 118 valence electrons. The Balaban J connectivity index is 2.53. The third-order valence-electron chi connectivity index (χ3n) is 3.63. The van der Waals surface area contributed by atoms with Gasteiger partial charge in [-0.25, -0.2) is 4.79 Å². The molecular formula is C15H31N3O2. The smallest absolute Gasteiger partial charge is 0.410 e. The number of hydrogen-bond donors (Lipinski definition) is 1. The molecule has 5 heteroatoms. The van der Waals surface area contributed by atoms with Gasteiger partial charge in [0.25, 0.3) is 0 Å². The first-order valence-electron chi connectivity index (χ1n) is 7.46. The summed E-state index contributed by atoms with van der Waals surface area (Å²) in [5, 5.41) is 0. The normalized spacial score (nSPS) is 19.9. The van der Waals surface area contributed by atoms with Crippen molar-refractivity contribution < 1.29 is 9.53 Å². The topological polar surface area (TPSA) is 58.8 Å². The fourth-order valence-electron chi connectivity index (χ4n) is 2.59. The molecule has 1 aliphatic rings. The van der Waals surface area contributed by atoms with E-state index in [0.29, 0.717) is 25.7 Å². The van der Waals surface area contributed by atoms with Crippen LogP contribution in [0.25, 0.3) is 0 Å². The van der Waals surface area contributed by atoms with Crippen molar-refractivity contribution in [2.24, 2.45) is 11.1 Å². The molecule has 20 heavy (non-hydrogen) atoms. The number of ether oxygens (including phenoxy) is 1. The van der Waals surface area contributed by atoms with Crippen LogP contribution in [0.15, 0.2) is 0 Å². The first-order chi connectivity index (χ1) is 9.04. The third-order valence-corrected chi connectivity index (χ3v) is 3.63. The number of hydrogen-bond acceptors (Lipinski definition) is 4. The van der Waals surface area contributed by atoms with Crippen molar-refractivity contribution in [2.75, 3.05) is 32.7 Å². The van der Waals surface area contributed by atoms with Gasteiger partial charge in [0, 0.05) is 38.8 Å². The van der Waals surface area contributed by atoms with Gasteiger partial charge in [0.05, 0.1) is 0 Å². The summed E-state index contributed by atoms with van der Waals surface area (Å²) >= 11 is 0. The van der Waals surface area contributed by atoms with E-state index in [9.17, 15) is 4.79 Å². The van der Waals surface area contributed by atoms with Crippen molar-refractivity contribution in [3.63, 3.8) is 0 Å². The van der Waals surface area contributed by atoms with E-state index in [0.717, 1.165) is 13.1 Å². The Morgan fingerprint density at radius 1 is 1.10 bits per heavy atom. The Hall–Kier alpha value is -0.810. The zero-order valence-corrected chi connectivity index (χ0v) is 13.9. The van der Waals surface area contributed by atoms with E-state index in [4.69, 9.17) is 10.5 Å². The van der Waals surface area contributed by atoms with Crippen LogP contribution in [0.2, 0.25) is 0 Å². The number of amides is 1. The van der Waals surface area contributed by atoms with Crippen LogP contribution in [0.4, 0.5) is 4.79 Å². The minimum absolute atomic E-state index is 0.156. The van der Waals surface area contributed by atoms with Gasteiger partial charge in [-0.3, -0.25) is 4.90 Å². The lowest BCUT2D eigenvalue weighted by Crippen LogP contribution is -2.57. The van der Waals surface area contributed by atoms with Gasteiger partial charge in [0.2, 0.25) is 0 Å². The Kier molecular flexibility index (Phi) is 5.44. The Morgan fingerprint density at radius 3 is 1.95 bits per heavy atom. The molecule has 0 aromatic carbocycles. The average molecular weight is 285 g/mol. The van der Waals surface area contributed by atoms with E-state index in [2.05, 4.69) is 25.7 Å². The highest BCUT2D eigenvalue weighted by atomic mass is 16.6. The fraction of sp³-hybridized carbons (Fsp3) is 0.933. The van der Waals surface area contributed by atoms with E-state index in [-0.39, 0.29) is 11.5 Å². The standard InChI is InChI=1S/C15H31N3O2/c1-14(2,3)12(11-16)17-7-9-18(10-8-17)13(19)20-15(4,5)6/h12H,7-11,16H2,1-6H3. The molecule has 1 saturated heterocycles. The highest BCUT2D eigenvalue weighted by Crippen LogP contribution is 2.25. The molecule has 0 radical (unpaired) electrons. The maximum atomic E-state index is 12.0. The van der Waals surface area contributed by atoms with Crippen molar-refractivity contribution in [1.29, 1.82) is 0 Å². The molecule has 1 amide bonds. The molecule has 1 atom stereocenters. The van der Waals surface area contributed by atoms with Gasteiger partial charge in [-0.15, -0.1) is 0 Å².